The molecule has 5 nitrogen and oxygen atoms in total. The first-order valence-electron chi connectivity index (χ1n) is 8.04. The van der Waals surface area contributed by atoms with Gasteiger partial charge < -0.3 is 15.7 Å². The highest BCUT2D eigenvalue weighted by atomic mass is 35.5. The van der Waals surface area contributed by atoms with Crippen molar-refractivity contribution in [3.63, 3.8) is 0 Å². The van der Waals surface area contributed by atoms with Crippen LogP contribution in [0.1, 0.15) is 34.1 Å². The highest BCUT2D eigenvalue weighted by molar-refractivity contribution is 6.34. The number of aliphatic hydroxyl groups excluding tert-OH is 1. The lowest BCUT2D eigenvalue weighted by Crippen LogP contribution is -2.36. The Bertz CT molecular complexity index is 773. The Hall–Kier alpha value is -2.37. The SMILES string of the molecule is CC[C@@H](CO)NC(=O)c1cccc(-c2ccc(Cl)c(C(=O)NC)c2)c1. The number of aliphatic hydroxyl groups is 1. The van der Waals surface area contributed by atoms with Crippen LogP contribution in [-0.2, 0) is 0 Å². The Balaban J connectivity index is 2.33. The molecule has 3 N–H and O–H groups in total. The summed E-state index contributed by atoms with van der Waals surface area (Å²) in [6, 6.07) is 12.0. The summed E-state index contributed by atoms with van der Waals surface area (Å²) in [5.41, 5.74) is 2.45. The molecule has 6 heteroatoms. The molecule has 1 atom stereocenters. The number of benzene rings is 2. The third kappa shape index (κ3) is 4.59. The smallest absolute Gasteiger partial charge is 0.252 e. The lowest BCUT2D eigenvalue weighted by Gasteiger charge is -2.14. The highest BCUT2D eigenvalue weighted by Crippen LogP contribution is 2.26. The molecule has 2 amide bonds. The van der Waals surface area contributed by atoms with Crippen LogP contribution in [0.2, 0.25) is 5.02 Å². The van der Waals surface area contributed by atoms with Crippen molar-refractivity contribution in [2.24, 2.45) is 0 Å². The molecule has 0 fully saturated rings. The molecule has 0 aliphatic carbocycles. The maximum Gasteiger partial charge on any atom is 0.252 e. The zero-order valence-electron chi connectivity index (χ0n) is 14.2. The molecule has 0 aliphatic rings. The second-order valence-electron chi connectivity index (χ2n) is 5.62. The first-order chi connectivity index (χ1) is 12.0. The van der Waals surface area contributed by atoms with Gasteiger partial charge in [0.15, 0.2) is 0 Å². The van der Waals surface area contributed by atoms with E-state index in [0.717, 1.165) is 11.1 Å². The predicted octanol–water partition coefficient (Wildman–Crippen LogP) is 2.87. The molecule has 0 saturated carbocycles. The van der Waals surface area contributed by atoms with Crippen LogP contribution >= 0.6 is 11.6 Å². The van der Waals surface area contributed by atoms with E-state index in [0.29, 0.717) is 22.6 Å². The number of amides is 2. The molecule has 132 valence electrons. The fourth-order valence-corrected chi connectivity index (χ4v) is 2.60. The summed E-state index contributed by atoms with van der Waals surface area (Å²) >= 11 is 6.08. The van der Waals surface area contributed by atoms with Crippen LogP contribution in [0.4, 0.5) is 0 Å². The van der Waals surface area contributed by atoms with Crippen LogP contribution in [0.25, 0.3) is 11.1 Å². The van der Waals surface area contributed by atoms with Crippen LogP contribution in [0, 0.1) is 0 Å². The van der Waals surface area contributed by atoms with Crippen molar-refractivity contribution in [2.75, 3.05) is 13.7 Å². The van der Waals surface area contributed by atoms with Crippen molar-refractivity contribution < 1.29 is 14.7 Å². The van der Waals surface area contributed by atoms with Crippen LogP contribution in [0.15, 0.2) is 42.5 Å². The number of rotatable bonds is 6. The fraction of sp³-hybridized carbons (Fsp3) is 0.263. The number of carbonyl (C=O) groups is 2. The van der Waals surface area contributed by atoms with Crippen molar-refractivity contribution in [3.05, 3.63) is 58.6 Å². The number of carbonyl (C=O) groups excluding carboxylic acids is 2. The van der Waals surface area contributed by atoms with Gasteiger partial charge in [-0.3, -0.25) is 9.59 Å². The minimum absolute atomic E-state index is 0.103. The third-order valence-electron chi connectivity index (χ3n) is 3.94. The first kappa shape index (κ1) is 19.0. The van der Waals surface area contributed by atoms with E-state index >= 15 is 0 Å². The van der Waals surface area contributed by atoms with Crippen molar-refractivity contribution in [2.45, 2.75) is 19.4 Å². The average Bonchev–Trinajstić information content (AvgIpc) is 2.65. The molecule has 2 rings (SSSR count). The molecule has 0 aliphatic heterocycles. The van der Waals surface area contributed by atoms with Gasteiger partial charge in [0.25, 0.3) is 11.8 Å². The maximum absolute atomic E-state index is 12.3. The standard InChI is InChI=1S/C19H21ClN2O3/c1-3-15(11-23)22-18(24)14-6-4-5-12(9-14)13-7-8-17(20)16(10-13)19(25)21-2/h4-10,15,23H,3,11H2,1-2H3,(H,21,25)(H,22,24)/t15-/m0/s1. The van der Waals surface area contributed by atoms with Gasteiger partial charge in [-0.05, 0) is 41.8 Å². The molecular formula is C19H21ClN2O3. The number of nitrogens with one attached hydrogen (secondary N) is 2. The predicted molar refractivity (Wildman–Crippen MR) is 98.9 cm³/mol. The molecule has 0 aromatic heterocycles. The van der Waals surface area contributed by atoms with Gasteiger partial charge in [-0.1, -0.05) is 36.7 Å². The summed E-state index contributed by atoms with van der Waals surface area (Å²) in [4.78, 5) is 24.2. The van der Waals surface area contributed by atoms with E-state index in [2.05, 4.69) is 10.6 Å². The van der Waals surface area contributed by atoms with Gasteiger partial charge in [0.05, 0.1) is 23.2 Å². The normalized spacial score (nSPS) is 11.7. The van der Waals surface area contributed by atoms with Crippen molar-refractivity contribution >= 4 is 23.4 Å². The Morgan fingerprint density at radius 3 is 2.48 bits per heavy atom. The van der Waals surface area contributed by atoms with Crippen LogP contribution in [0.3, 0.4) is 0 Å². The van der Waals surface area contributed by atoms with Gasteiger partial charge in [-0.15, -0.1) is 0 Å². The number of halogens is 1. The summed E-state index contributed by atoms with van der Waals surface area (Å²) in [6.07, 6.45) is 0.647. The Labute approximate surface area is 152 Å². The van der Waals surface area contributed by atoms with Gasteiger partial charge >= 0.3 is 0 Å². The van der Waals surface area contributed by atoms with E-state index < -0.39 is 0 Å². The molecular weight excluding hydrogens is 340 g/mol. The summed E-state index contributed by atoms with van der Waals surface area (Å²) in [6.45, 7) is 1.79. The number of hydrogen-bond donors (Lipinski definition) is 3. The van der Waals surface area contributed by atoms with E-state index in [1.807, 2.05) is 13.0 Å². The Morgan fingerprint density at radius 1 is 1.12 bits per heavy atom. The molecule has 2 aromatic carbocycles. The second-order valence-corrected chi connectivity index (χ2v) is 6.02. The monoisotopic (exact) mass is 360 g/mol. The molecule has 0 spiro atoms. The molecule has 0 saturated heterocycles. The molecule has 2 aromatic rings. The molecule has 0 bridgehead atoms. The lowest BCUT2D eigenvalue weighted by molar-refractivity contribution is 0.0914. The zero-order chi connectivity index (χ0) is 18.4. The third-order valence-corrected chi connectivity index (χ3v) is 4.27. The number of hydrogen-bond acceptors (Lipinski definition) is 3. The van der Waals surface area contributed by atoms with Crippen molar-refractivity contribution in [1.29, 1.82) is 0 Å². The van der Waals surface area contributed by atoms with Crippen molar-refractivity contribution in [1.82, 2.24) is 10.6 Å². The van der Waals surface area contributed by atoms with Gasteiger partial charge in [-0.2, -0.15) is 0 Å². The Kier molecular flexibility index (Phi) is 6.56. The molecule has 0 radical (unpaired) electrons. The maximum atomic E-state index is 12.3. The van der Waals surface area contributed by atoms with E-state index in [4.69, 9.17) is 11.6 Å². The van der Waals surface area contributed by atoms with Crippen LogP contribution in [0.5, 0.6) is 0 Å². The lowest BCUT2D eigenvalue weighted by atomic mass is 10.0. The van der Waals surface area contributed by atoms with Crippen LogP contribution < -0.4 is 10.6 Å². The average molecular weight is 361 g/mol. The Morgan fingerprint density at radius 2 is 1.84 bits per heavy atom. The fourth-order valence-electron chi connectivity index (χ4n) is 2.40. The van der Waals surface area contributed by atoms with E-state index in [9.17, 15) is 14.7 Å². The van der Waals surface area contributed by atoms with Gasteiger partial charge in [0.2, 0.25) is 0 Å². The second kappa shape index (κ2) is 8.65. The highest BCUT2D eigenvalue weighted by Gasteiger charge is 2.14. The molecule has 0 unspecified atom stereocenters. The summed E-state index contributed by atoms with van der Waals surface area (Å²) in [7, 11) is 1.54. The van der Waals surface area contributed by atoms with E-state index in [1.165, 1.54) is 0 Å². The van der Waals surface area contributed by atoms with Gasteiger partial charge in [-0.25, -0.2) is 0 Å². The first-order valence-corrected chi connectivity index (χ1v) is 8.41. The topological polar surface area (TPSA) is 78.4 Å². The molecule has 0 heterocycles. The van der Waals surface area contributed by atoms with E-state index in [1.54, 1.807) is 43.4 Å². The summed E-state index contributed by atoms with van der Waals surface area (Å²) in [5.74, 6) is -0.516. The van der Waals surface area contributed by atoms with Gasteiger partial charge in [0, 0.05) is 12.6 Å². The van der Waals surface area contributed by atoms with Gasteiger partial charge in [0.1, 0.15) is 0 Å². The molecule has 25 heavy (non-hydrogen) atoms. The van der Waals surface area contributed by atoms with Crippen molar-refractivity contribution in [3.8, 4) is 11.1 Å². The summed E-state index contributed by atoms with van der Waals surface area (Å²) in [5, 5.41) is 14.9. The summed E-state index contributed by atoms with van der Waals surface area (Å²) < 4.78 is 0. The van der Waals surface area contributed by atoms with Crippen LogP contribution in [-0.4, -0.2) is 36.6 Å². The quantitative estimate of drug-likeness (QED) is 0.741. The minimum Gasteiger partial charge on any atom is -0.394 e. The minimum atomic E-state index is -0.272. The zero-order valence-corrected chi connectivity index (χ0v) is 14.9. The van der Waals surface area contributed by atoms with E-state index in [-0.39, 0.29) is 24.5 Å². The largest absolute Gasteiger partial charge is 0.394 e.